The molecule has 1 amide bonds. The van der Waals surface area contributed by atoms with Crippen LogP contribution in [0.15, 0.2) is 0 Å². The zero-order valence-electron chi connectivity index (χ0n) is 10.1. The first kappa shape index (κ1) is 15.8. The van der Waals surface area contributed by atoms with E-state index < -0.39 is 24.0 Å². The summed E-state index contributed by atoms with van der Waals surface area (Å²) >= 11 is 0. The quantitative estimate of drug-likeness (QED) is 0.352. The molecule has 4 N–H and O–H groups in total. The van der Waals surface area contributed by atoms with E-state index in [4.69, 9.17) is 15.6 Å². The molecule has 0 saturated heterocycles. The summed E-state index contributed by atoms with van der Waals surface area (Å²) in [4.78, 5) is 22.7. The molecule has 0 aromatic heterocycles. The first-order valence-corrected chi connectivity index (χ1v) is 5.39. The lowest BCUT2D eigenvalue weighted by Crippen LogP contribution is -2.51. The Labute approximate surface area is 100 Å². The maximum absolute atomic E-state index is 11.5. The molecule has 7 nitrogen and oxygen atoms in total. The van der Waals surface area contributed by atoms with Crippen LogP contribution in [0.4, 0.5) is 0 Å². The normalized spacial score (nSPS) is 13.9. The molecule has 0 aliphatic heterocycles. The molecule has 0 heterocycles. The highest BCUT2D eigenvalue weighted by Crippen LogP contribution is 1.94. The Kier molecular flexibility index (Phi) is 8.29. The molecule has 0 spiro atoms. The van der Waals surface area contributed by atoms with Gasteiger partial charge in [-0.15, -0.1) is 0 Å². The summed E-state index contributed by atoms with van der Waals surface area (Å²) < 4.78 is 9.43. The SMILES string of the molecule is CCOC(=O)C(N)C(=O)NC(CO)CCOC. The van der Waals surface area contributed by atoms with Crippen molar-refractivity contribution in [3.8, 4) is 0 Å². The number of nitrogens with two attached hydrogens (primary N) is 1. The van der Waals surface area contributed by atoms with Crippen molar-refractivity contribution in [3.63, 3.8) is 0 Å². The largest absolute Gasteiger partial charge is 0.464 e. The predicted molar refractivity (Wildman–Crippen MR) is 60.1 cm³/mol. The number of hydrogen-bond donors (Lipinski definition) is 3. The fourth-order valence-electron chi connectivity index (χ4n) is 1.10. The van der Waals surface area contributed by atoms with Crippen molar-refractivity contribution in [2.45, 2.75) is 25.4 Å². The third kappa shape index (κ3) is 6.20. The summed E-state index contributed by atoms with van der Waals surface area (Å²) in [5.74, 6) is -1.45. The van der Waals surface area contributed by atoms with Gasteiger partial charge in [0, 0.05) is 13.7 Å². The zero-order chi connectivity index (χ0) is 13.3. The van der Waals surface area contributed by atoms with Crippen LogP contribution in [-0.4, -0.2) is 56.0 Å². The first-order chi connectivity index (χ1) is 8.06. The number of methoxy groups -OCH3 is 1. The summed E-state index contributed by atoms with van der Waals surface area (Å²) in [6, 6.07) is -1.85. The Balaban J connectivity index is 4.16. The van der Waals surface area contributed by atoms with Crippen molar-refractivity contribution < 1.29 is 24.2 Å². The van der Waals surface area contributed by atoms with Gasteiger partial charge in [0.25, 0.3) is 0 Å². The molecule has 0 aromatic rings. The van der Waals surface area contributed by atoms with Crippen LogP contribution in [0, 0.1) is 0 Å². The summed E-state index contributed by atoms with van der Waals surface area (Å²) in [5, 5.41) is 11.4. The van der Waals surface area contributed by atoms with E-state index in [2.05, 4.69) is 10.1 Å². The van der Waals surface area contributed by atoms with Crippen molar-refractivity contribution in [2.75, 3.05) is 26.9 Å². The molecule has 0 rings (SSSR count). The number of carbonyl (C=O) groups excluding carboxylic acids is 2. The van der Waals surface area contributed by atoms with E-state index in [0.717, 1.165) is 0 Å². The second-order valence-corrected chi connectivity index (χ2v) is 3.40. The summed E-state index contributed by atoms with van der Waals surface area (Å²) in [6.45, 7) is 1.93. The van der Waals surface area contributed by atoms with Crippen LogP contribution in [0.2, 0.25) is 0 Å². The second kappa shape index (κ2) is 8.91. The maximum Gasteiger partial charge on any atom is 0.332 e. The topological polar surface area (TPSA) is 111 Å². The minimum Gasteiger partial charge on any atom is -0.464 e. The lowest BCUT2D eigenvalue weighted by Gasteiger charge is -2.18. The third-order valence-corrected chi connectivity index (χ3v) is 2.06. The highest BCUT2D eigenvalue weighted by atomic mass is 16.5. The van der Waals surface area contributed by atoms with Gasteiger partial charge in [-0.1, -0.05) is 0 Å². The lowest BCUT2D eigenvalue weighted by atomic mass is 10.2. The molecule has 0 fully saturated rings. The number of hydrogen-bond acceptors (Lipinski definition) is 6. The molecule has 17 heavy (non-hydrogen) atoms. The minimum absolute atomic E-state index is 0.160. The summed E-state index contributed by atoms with van der Waals surface area (Å²) in [5.41, 5.74) is 5.38. The van der Waals surface area contributed by atoms with Crippen LogP contribution in [0.3, 0.4) is 0 Å². The van der Waals surface area contributed by atoms with Crippen LogP contribution in [0.1, 0.15) is 13.3 Å². The number of esters is 1. The molecule has 2 atom stereocenters. The van der Waals surface area contributed by atoms with Gasteiger partial charge in [-0.3, -0.25) is 4.79 Å². The van der Waals surface area contributed by atoms with Gasteiger partial charge < -0.3 is 25.6 Å². The third-order valence-electron chi connectivity index (χ3n) is 2.06. The second-order valence-electron chi connectivity index (χ2n) is 3.40. The van der Waals surface area contributed by atoms with E-state index in [1.807, 2.05) is 0 Å². The average molecular weight is 248 g/mol. The molecule has 0 radical (unpaired) electrons. The minimum atomic E-state index is -1.37. The summed E-state index contributed by atoms with van der Waals surface area (Å²) in [7, 11) is 1.51. The monoisotopic (exact) mass is 248 g/mol. The number of ether oxygens (including phenoxy) is 2. The van der Waals surface area contributed by atoms with Crippen LogP contribution in [0.5, 0.6) is 0 Å². The van der Waals surface area contributed by atoms with Crippen molar-refractivity contribution in [1.82, 2.24) is 5.32 Å². The van der Waals surface area contributed by atoms with Gasteiger partial charge in [-0.05, 0) is 13.3 Å². The standard InChI is InChI=1S/C10H20N2O5/c1-3-17-10(15)8(11)9(14)12-7(6-13)4-5-16-2/h7-8,13H,3-6,11H2,1-2H3,(H,12,14). The number of nitrogens with one attached hydrogen (secondary N) is 1. The van der Waals surface area contributed by atoms with Crippen molar-refractivity contribution >= 4 is 11.9 Å². The van der Waals surface area contributed by atoms with E-state index in [9.17, 15) is 9.59 Å². The fourth-order valence-corrected chi connectivity index (χ4v) is 1.10. The Morgan fingerprint density at radius 2 is 2.12 bits per heavy atom. The molecular weight excluding hydrogens is 228 g/mol. The van der Waals surface area contributed by atoms with Gasteiger partial charge in [0.1, 0.15) is 0 Å². The van der Waals surface area contributed by atoms with E-state index in [0.29, 0.717) is 13.0 Å². The molecule has 7 heteroatoms. The molecular formula is C10H20N2O5. The summed E-state index contributed by atoms with van der Waals surface area (Å²) in [6.07, 6.45) is 0.439. The molecule has 0 bridgehead atoms. The highest BCUT2D eigenvalue weighted by Gasteiger charge is 2.25. The molecule has 2 unspecified atom stereocenters. The van der Waals surface area contributed by atoms with Crippen LogP contribution in [-0.2, 0) is 19.1 Å². The van der Waals surface area contributed by atoms with Crippen LogP contribution < -0.4 is 11.1 Å². The predicted octanol–water partition coefficient (Wildman–Crippen LogP) is -1.61. The molecule has 0 aliphatic rings. The smallest absolute Gasteiger partial charge is 0.332 e. The zero-order valence-corrected chi connectivity index (χ0v) is 10.1. The molecule has 100 valence electrons. The maximum atomic E-state index is 11.5. The fraction of sp³-hybridized carbons (Fsp3) is 0.800. The number of aliphatic hydroxyl groups excluding tert-OH is 1. The van der Waals surface area contributed by atoms with Gasteiger partial charge >= 0.3 is 5.97 Å². The lowest BCUT2D eigenvalue weighted by molar-refractivity contribution is -0.148. The van der Waals surface area contributed by atoms with Gasteiger partial charge in [-0.2, -0.15) is 0 Å². The Bertz CT molecular complexity index is 247. The molecule has 0 saturated carbocycles. The van der Waals surface area contributed by atoms with Crippen molar-refractivity contribution in [1.29, 1.82) is 0 Å². The Morgan fingerprint density at radius 1 is 1.47 bits per heavy atom. The number of amides is 1. The van der Waals surface area contributed by atoms with E-state index >= 15 is 0 Å². The Hall–Kier alpha value is -1.18. The van der Waals surface area contributed by atoms with Gasteiger partial charge in [0.15, 0.2) is 6.04 Å². The Morgan fingerprint density at radius 3 is 2.59 bits per heavy atom. The van der Waals surface area contributed by atoms with Crippen LogP contribution >= 0.6 is 0 Å². The van der Waals surface area contributed by atoms with Gasteiger partial charge in [0.05, 0.1) is 19.3 Å². The number of aliphatic hydroxyl groups is 1. The van der Waals surface area contributed by atoms with Crippen molar-refractivity contribution in [3.05, 3.63) is 0 Å². The van der Waals surface area contributed by atoms with E-state index in [1.165, 1.54) is 7.11 Å². The first-order valence-electron chi connectivity index (χ1n) is 5.39. The molecule has 0 aromatic carbocycles. The number of rotatable bonds is 8. The van der Waals surface area contributed by atoms with Gasteiger partial charge in [0.2, 0.25) is 5.91 Å². The van der Waals surface area contributed by atoms with E-state index in [-0.39, 0.29) is 13.2 Å². The highest BCUT2D eigenvalue weighted by molar-refractivity contribution is 6.01. The number of carbonyl (C=O) groups is 2. The molecule has 0 aliphatic carbocycles. The van der Waals surface area contributed by atoms with Crippen molar-refractivity contribution in [2.24, 2.45) is 5.73 Å². The average Bonchev–Trinajstić information content (AvgIpc) is 2.33. The van der Waals surface area contributed by atoms with Crippen LogP contribution in [0.25, 0.3) is 0 Å². The van der Waals surface area contributed by atoms with Gasteiger partial charge in [-0.25, -0.2) is 4.79 Å². The van der Waals surface area contributed by atoms with E-state index in [1.54, 1.807) is 6.92 Å².